The Morgan fingerprint density at radius 3 is 1.43 bits per heavy atom. The van der Waals surface area contributed by atoms with Crippen molar-refractivity contribution in [2.75, 3.05) is 26.4 Å². The zero-order valence-electron chi connectivity index (χ0n) is 42.5. The maximum Gasteiger partial charge on any atom is 0.397 e. The van der Waals surface area contributed by atoms with Gasteiger partial charge in [-0.05, 0) is 51.4 Å². The van der Waals surface area contributed by atoms with Crippen molar-refractivity contribution in [2.45, 2.75) is 275 Å². The molecule has 0 aliphatic carbocycles. The second-order valence-corrected chi connectivity index (χ2v) is 19.9. The highest BCUT2D eigenvalue weighted by atomic mass is 32.3. The van der Waals surface area contributed by atoms with E-state index in [0.29, 0.717) is 13.0 Å². The zero-order chi connectivity index (χ0) is 48.9. The van der Waals surface area contributed by atoms with Crippen LogP contribution in [-0.2, 0) is 38.3 Å². The van der Waals surface area contributed by atoms with Crippen LogP contribution in [0.25, 0.3) is 0 Å². The predicted octanol–water partition coefficient (Wildman–Crippen LogP) is 12.9. The molecule has 67 heavy (non-hydrogen) atoms. The van der Waals surface area contributed by atoms with Gasteiger partial charge >= 0.3 is 16.4 Å². The molecule has 0 bridgehead atoms. The van der Waals surface area contributed by atoms with Crippen LogP contribution in [0.2, 0.25) is 0 Å². The van der Waals surface area contributed by atoms with Crippen LogP contribution >= 0.6 is 0 Å². The van der Waals surface area contributed by atoms with E-state index in [2.05, 4.69) is 54.5 Å². The summed E-state index contributed by atoms with van der Waals surface area (Å²) in [5.41, 5.74) is 0. The van der Waals surface area contributed by atoms with Gasteiger partial charge in [0.25, 0.3) is 0 Å². The fourth-order valence-electron chi connectivity index (χ4n) is 8.39. The van der Waals surface area contributed by atoms with Crippen LogP contribution in [0.15, 0.2) is 36.5 Å². The molecule has 1 fully saturated rings. The van der Waals surface area contributed by atoms with E-state index >= 15 is 0 Å². The predicted molar refractivity (Wildman–Crippen MR) is 271 cm³/mol. The van der Waals surface area contributed by atoms with Gasteiger partial charge in [-0.1, -0.05) is 217 Å². The summed E-state index contributed by atoms with van der Waals surface area (Å²) < 4.78 is 59.3. The smallest absolute Gasteiger partial charge is 0.397 e. The summed E-state index contributed by atoms with van der Waals surface area (Å²) in [6.07, 6.45) is 46.0. The minimum absolute atomic E-state index is 0.0337. The zero-order valence-corrected chi connectivity index (χ0v) is 43.3. The van der Waals surface area contributed by atoms with E-state index in [9.17, 15) is 33.1 Å². The first kappa shape index (κ1) is 63.3. The quantitative estimate of drug-likeness (QED) is 0.0197. The molecule has 1 saturated heterocycles. The average molecular weight is 973 g/mol. The third kappa shape index (κ3) is 38.7. The third-order valence-corrected chi connectivity index (χ3v) is 13.0. The highest BCUT2D eigenvalue weighted by Crippen LogP contribution is 2.26. The van der Waals surface area contributed by atoms with Crippen LogP contribution in [0, 0.1) is 0 Å². The van der Waals surface area contributed by atoms with Crippen LogP contribution in [0.1, 0.15) is 239 Å². The molecule has 6 unspecified atom stereocenters. The first-order chi connectivity index (χ1) is 32.6. The third-order valence-electron chi connectivity index (χ3n) is 12.5. The van der Waals surface area contributed by atoms with Gasteiger partial charge in [0.2, 0.25) is 0 Å². The lowest BCUT2D eigenvalue weighted by Crippen LogP contribution is -2.60. The molecule has 0 aromatic carbocycles. The van der Waals surface area contributed by atoms with Gasteiger partial charge in [-0.2, -0.15) is 8.42 Å². The second-order valence-electron chi connectivity index (χ2n) is 18.8. The number of ether oxygens (including phenoxy) is 4. The van der Waals surface area contributed by atoms with Crippen molar-refractivity contribution in [3.05, 3.63) is 36.5 Å². The summed E-state index contributed by atoms with van der Waals surface area (Å²) in [7, 11) is -5.07. The topological polar surface area (TPSA) is 178 Å². The normalized spacial score (nSPS) is 19.6. The molecule has 0 amide bonds. The number of aliphatic hydroxyl groups is 3. The minimum Gasteiger partial charge on any atom is -0.457 e. The van der Waals surface area contributed by atoms with Gasteiger partial charge < -0.3 is 34.3 Å². The number of hydrogen-bond donors (Lipinski definition) is 4. The van der Waals surface area contributed by atoms with Gasteiger partial charge in [0.15, 0.2) is 6.29 Å². The Morgan fingerprint density at radius 1 is 0.567 bits per heavy atom. The van der Waals surface area contributed by atoms with E-state index in [0.717, 1.165) is 70.6 Å². The van der Waals surface area contributed by atoms with Crippen molar-refractivity contribution in [2.24, 2.45) is 0 Å². The van der Waals surface area contributed by atoms with Crippen LogP contribution < -0.4 is 0 Å². The van der Waals surface area contributed by atoms with Gasteiger partial charge in [0, 0.05) is 13.0 Å². The number of hydrogen-bond acceptors (Lipinski definition) is 11. The standard InChI is InChI=1S/C54H100O12S/c1-3-5-7-9-11-13-15-17-19-21-23-24-25-27-29-31-33-35-37-39-41-43-50(56)64-48(47-63-54-52(58)53(66-67(59,60)61)51(57)49(45-55)65-54)46-62-44-42-40-38-36-34-32-30-28-26-22-20-18-16-14-12-10-8-6-4-2/h15,17,21,23,25,27,48-49,51-55,57-58H,3-14,16,18-20,22,24,26,28-47H2,1-2H3,(H,59,60,61)/b17-15-,23-21-,27-25-. The first-order valence-electron chi connectivity index (χ1n) is 27.2. The number of carbonyl (C=O) groups excluding carboxylic acids is 1. The van der Waals surface area contributed by atoms with Crippen LogP contribution in [-0.4, -0.2) is 97.5 Å². The molecular weight excluding hydrogens is 873 g/mol. The lowest BCUT2D eigenvalue weighted by atomic mass is 9.99. The highest BCUT2D eigenvalue weighted by molar-refractivity contribution is 7.80. The van der Waals surface area contributed by atoms with Crippen molar-refractivity contribution in [3.63, 3.8) is 0 Å². The van der Waals surface area contributed by atoms with Crippen LogP contribution in [0.5, 0.6) is 0 Å². The molecule has 0 spiro atoms. The van der Waals surface area contributed by atoms with Crippen LogP contribution in [0.4, 0.5) is 0 Å². The molecule has 1 heterocycles. The fraction of sp³-hybridized carbons (Fsp3) is 0.870. The Kier molecular flexibility index (Phi) is 43.0. The van der Waals surface area contributed by atoms with E-state index in [4.69, 9.17) is 18.9 Å². The SMILES string of the molecule is CCCCCCC/C=C\C/C=C\C/C=C\CCCCCCCCC(=O)OC(COCCCCCCCCCCCCCCCCCCCCC)COC1OC(CO)C(O)C(OS(=O)(=O)O)C1O. The monoisotopic (exact) mass is 973 g/mol. The molecule has 6 atom stereocenters. The molecule has 1 aliphatic rings. The average Bonchev–Trinajstić information content (AvgIpc) is 3.30. The van der Waals surface area contributed by atoms with Gasteiger partial charge in [-0.15, -0.1) is 0 Å². The Balaban J connectivity index is 2.34. The van der Waals surface area contributed by atoms with E-state index in [-0.39, 0.29) is 19.6 Å². The van der Waals surface area contributed by atoms with Crippen molar-refractivity contribution < 1.29 is 56.2 Å². The summed E-state index contributed by atoms with van der Waals surface area (Å²) in [6.45, 7) is 4.01. The molecule has 0 aromatic heterocycles. The molecule has 12 nitrogen and oxygen atoms in total. The second kappa shape index (κ2) is 45.5. The number of aliphatic hydroxyl groups excluding tert-OH is 3. The fourth-order valence-corrected chi connectivity index (χ4v) is 8.90. The molecule has 0 saturated carbocycles. The van der Waals surface area contributed by atoms with Crippen molar-refractivity contribution in [1.29, 1.82) is 0 Å². The van der Waals surface area contributed by atoms with Crippen molar-refractivity contribution in [3.8, 4) is 0 Å². The molecule has 1 rings (SSSR count). The van der Waals surface area contributed by atoms with Crippen LogP contribution in [0.3, 0.4) is 0 Å². The van der Waals surface area contributed by atoms with Gasteiger partial charge in [0.05, 0.1) is 19.8 Å². The lowest BCUT2D eigenvalue weighted by molar-refractivity contribution is -0.301. The number of rotatable bonds is 48. The van der Waals surface area contributed by atoms with Gasteiger partial charge in [-0.3, -0.25) is 9.35 Å². The largest absolute Gasteiger partial charge is 0.457 e. The molecule has 13 heteroatoms. The van der Waals surface area contributed by atoms with Gasteiger partial charge in [0.1, 0.15) is 30.5 Å². The Hall–Kier alpha value is -1.68. The number of allylic oxidation sites excluding steroid dienone is 6. The van der Waals surface area contributed by atoms with E-state index in [1.165, 1.54) is 141 Å². The summed E-state index contributed by atoms with van der Waals surface area (Å²) in [4.78, 5) is 12.9. The maximum absolute atomic E-state index is 12.9. The summed E-state index contributed by atoms with van der Waals surface area (Å²) in [5, 5.41) is 30.8. The number of carbonyl (C=O) groups is 1. The molecular formula is C54H100O12S. The molecule has 4 N–H and O–H groups in total. The summed E-state index contributed by atoms with van der Waals surface area (Å²) in [5.74, 6) is -0.407. The Morgan fingerprint density at radius 2 is 0.985 bits per heavy atom. The van der Waals surface area contributed by atoms with Gasteiger partial charge in [-0.25, -0.2) is 4.18 Å². The van der Waals surface area contributed by atoms with E-state index in [1.54, 1.807) is 0 Å². The Labute approximate surface area is 409 Å². The Bertz CT molecular complexity index is 1310. The first-order valence-corrected chi connectivity index (χ1v) is 28.6. The van der Waals surface area contributed by atoms with Crippen molar-refractivity contribution >= 4 is 16.4 Å². The molecule has 394 valence electrons. The number of unbranched alkanes of at least 4 members (excludes halogenated alkanes) is 29. The molecule has 1 aliphatic heterocycles. The maximum atomic E-state index is 12.9. The van der Waals surface area contributed by atoms with E-state index in [1.807, 2.05) is 0 Å². The van der Waals surface area contributed by atoms with Crippen molar-refractivity contribution in [1.82, 2.24) is 0 Å². The number of esters is 1. The molecule has 0 radical (unpaired) electrons. The summed E-state index contributed by atoms with van der Waals surface area (Å²) in [6, 6.07) is 0. The summed E-state index contributed by atoms with van der Waals surface area (Å²) >= 11 is 0. The van der Waals surface area contributed by atoms with E-state index < -0.39 is 59.8 Å². The minimum atomic E-state index is -5.07. The highest BCUT2D eigenvalue weighted by Gasteiger charge is 2.48. The molecule has 0 aromatic rings. The lowest BCUT2D eigenvalue weighted by Gasteiger charge is -2.41.